The monoisotopic (exact) mass is 212 g/mol. The first-order valence-corrected chi connectivity index (χ1v) is 4.20. The maximum atomic E-state index is 10.4. The highest BCUT2D eigenvalue weighted by molar-refractivity contribution is 7.79. The van der Waals surface area contributed by atoms with Crippen molar-refractivity contribution in [1.82, 2.24) is 5.43 Å². The van der Waals surface area contributed by atoms with Crippen LogP contribution in [0.25, 0.3) is 0 Å². The van der Waals surface area contributed by atoms with Crippen molar-refractivity contribution >= 4 is 22.1 Å². The summed E-state index contributed by atoms with van der Waals surface area (Å²) in [6.45, 7) is 0. The molecule has 9 nitrogen and oxygen atoms in total. The third kappa shape index (κ3) is 5.98. The van der Waals surface area contributed by atoms with E-state index in [1.807, 2.05) is 0 Å². The van der Waals surface area contributed by atoms with Gasteiger partial charge in [-0.25, -0.2) is 5.43 Å². The summed E-state index contributed by atoms with van der Waals surface area (Å²) >= 11 is 0. The summed E-state index contributed by atoms with van der Waals surface area (Å²) in [4.78, 5) is 10.4. The first-order chi connectivity index (χ1) is 5.72. The molecule has 0 saturated heterocycles. The largest absolute Gasteiger partial charge is 0.394 e. The number of amidine groups is 1. The summed E-state index contributed by atoms with van der Waals surface area (Å²) in [7, 11) is -4.67. The van der Waals surface area contributed by atoms with Crippen LogP contribution in [-0.4, -0.2) is 35.3 Å². The van der Waals surface area contributed by atoms with Crippen LogP contribution in [0.2, 0.25) is 0 Å². The molecule has 76 valence electrons. The molecule has 1 amide bonds. The maximum Gasteiger partial charge on any atom is 0.394 e. The van der Waals surface area contributed by atoms with Crippen LogP contribution in [-0.2, 0) is 15.2 Å². The molecule has 1 unspecified atom stereocenters. The van der Waals surface area contributed by atoms with Gasteiger partial charge in [0.15, 0.2) is 0 Å². The van der Waals surface area contributed by atoms with Gasteiger partial charge in [0.05, 0.1) is 0 Å². The van der Waals surface area contributed by atoms with Crippen molar-refractivity contribution in [3.05, 3.63) is 0 Å². The first-order valence-electron chi connectivity index (χ1n) is 2.80. The van der Waals surface area contributed by atoms with Gasteiger partial charge in [-0.15, -0.1) is 0 Å². The van der Waals surface area contributed by atoms with E-state index in [1.165, 1.54) is 0 Å². The average molecular weight is 212 g/mol. The highest BCUT2D eigenvalue weighted by Gasteiger charge is 2.22. The number of nitrogens with one attached hydrogen (secondary N) is 1. The number of nitrogens with two attached hydrogens (primary N) is 2. The molecule has 1 rings (SSSR count). The van der Waals surface area contributed by atoms with Crippen LogP contribution in [0.15, 0.2) is 5.10 Å². The van der Waals surface area contributed by atoms with Gasteiger partial charge in [-0.05, 0) is 0 Å². The van der Waals surface area contributed by atoms with E-state index in [4.69, 9.17) is 29.0 Å². The number of carbonyl (C=O) groups excluding carboxylic acids is 1. The SMILES string of the molecule is NC1=NNC(=O)C1N.O=S(=O)(O)O. The zero-order chi connectivity index (χ0) is 10.6. The topological polar surface area (TPSA) is 168 Å². The molecule has 13 heavy (non-hydrogen) atoms. The Bertz CT molecular complexity index is 313. The predicted octanol–water partition coefficient (Wildman–Crippen LogP) is -2.94. The molecule has 0 spiro atoms. The molecule has 0 bridgehead atoms. The van der Waals surface area contributed by atoms with Crippen molar-refractivity contribution in [3.8, 4) is 0 Å². The second-order valence-corrected chi connectivity index (χ2v) is 2.83. The quantitative estimate of drug-likeness (QED) is 0.267. The van der Waals surface area contributed by atoms with Crippen LogP contribution >= 0.6 is 0 Å². The molecular formula is C3H8N4O5S. The standard InChI is InChI=1S/C3H6N4O.H2O4S/c4-1-2(5)6-7-3(1)8;1-5(2,3)4/h1H,4H2,(H2,5,6)(H,7,8);(H2,1,2,3,4). The van der Waals surface area contributed by atoms with Crippen LogP contribution in [0.4, 0.5) is 0 Å². The maximum absolute atomic E-state index is 10.4. The molecule has 0 saturated carbocycles. The van der Waals surface area contributed by atoms with Crippen molar-refractivity contribution in [2.24, 2.45) is 16.6 Å². The van der Waals surface area contributed by atoms with E-state index < -0.39 is 16.4 Å². The van der Waals surface area contributed by atoms with E-state index in [0.29, 0.717) is 0 Å². The summed E-state index contributed by atoms with van der Waals surface area (Å²) in [5, 5.41) is 3.37. The Labute approximate surface area is 73.4 Å². The molecule has 0 aromatic carbocycles. The molecule has 0 aliphatic carbocycles. The van der Waals surface area contributed by atoms with Gasteiger partial charge in [-0.3, -0.25) is 13.9 Å². The van der Waals surface area contributed by atoms with Crippen LogP contribution in [0.1, 0.15) is 0 Å². The normalized spacial score (nSPS) is 21.3. The predicted molar refractivity (Wildman–Crippen MR) is 41.9 cm³/mol. The van der Waals surface area contributed by atoms with Crippen molar-refractivity contribution in [2.45, 2.75) is 6.04 Å². The van der Waals surface area contributed by atoms with Crippen molar-refractivity contribution < 1.29 is 22.3 Å². The third-order valence-electron chi connectivity index (χ3n) is 0.896. The minimum Gasteiger partial charge on any atom is -0.384 e. The minimum absolute atomic E-state index is 0.148. The molecule has 0 fully saturated rings. The molecule has 0 radical (unpaired) electrons. The van der Waals surface area contributed by atoms with E-state index in [9.17, 15) is 4.79 Å². The van der Waals surface area contributed by atoms with Gasteiger partial charge in [0, 0.05) is 0 Å². The summed E-state index contributed by atoms with van der Waals surface area (Å²) < 4.78 is 31.6. The Morgan fingerprint density at radius 3 is 1.92 bits per heavy atom. The first kappa shape index (κ1) is 11.8. The van der Waals surface area contributed by atoms with Crippen molar-refractivity contribution in [1.29, 1.82) is 0 Å². The molecule has 1 heterocycles. The number of nitrogens with zero attached hydrogens (tertiary/aromatic N) is 1. The number of hydrogen-bond acceptors (Lipinski definition) is 6. The van der Waals surface area contributed by atoms with E-state index in [-0.39, 0.29) is 11.7 Å². The fourth-order valence-electron chi connectivity index (χ4n) is 0.393. The Morgan fingerprint density at radius 2 is 1.85 bits per heavy atom. The number of rotatable bonds is 0. The highest BCUT2D eigenvalue weighted by atomic mass is 32.3. The van der Waals surface area contributed by atoms with E-state index in [0.717, 1.165) is 0 Å². The van der Waals surface area contributed by atoms with Crippen molar-refractivity contribution in [3.63, 3.8) is 0 Å². The van der Waals surface area contributed by atoms with Gasteiger partial charge in [-0.2, -0.15) is 13.5 Å². The molecule has 1 aliphatic rings. The summed E-state index contributed by atoms with van der Waals surface area (Å²) in [6.07, 6.45) is 0. The lowest BCUT2D eigenvalue weighted by atomic mass is 10.3. The lowest BCUT2D eigenvalue weighted by Gasteiger charge is -1.93. The summed E-state index contributed by atoms with van der Waals surface area (Å²) in [5.41, 5.74) is 12.4. The second-order valence-electron chi connectivity index (χ2n) is 1.94. The molecule has 1 aliphatic heterocycles. The number of hydrazone groups is 1. The zero-order valence-electron chi connectivity index (χ0n) is 6.21. The number of amides is 1. The van der Waals surface area contributed by atoms with Gasteiger partial charge in [0.25, 0.3) is 5.91 Å². The molecular weight excluding hydrogens is 204 g/mol. The van der Waals surface area contributed by atoms with Gasteiger partial charge in [0.1, 0.15) is 11.9 Å². The molecule has 1 atom stereocenters. The Hall–Kier alpha value is -1.23. The Balaban J connectivity index is 0.000000252. The lowest BCUT2D eigenvalue weighted by molar-refractivity contribution is -0.120. The molecule has 7 N–H and O–H groups in total. The molecule has 0 aromatic heterocycles. The molecule has 0 aromatic rings. The summed E-state index contributed by atoms with van der Waals surface area (Å²) in [5.74, 6) is -0.197. The van der Waals surface area contributed by atoms with Gasteiger partial charge in [0.2, 0.25) is 0 Å². The van der Waals surface area contributed by atoms with E-state index in [2.05, 4.69) is 10.5 Å². The van der Waals surface area contributed by atoms with Crippen LogP contribution < -0.4 is 16.9 Å². The highest BCUT2D eigenvalue weighted by Crippen LogP contribution is 1.86. The van der Waals surface area contributed by atoms with Crippen LogP contribution in [0.5, 0.6) is 0 Å². The Kier molecular flexibility index (Phi) is 3.74. The number of carbonyl (C=O) groups is 1. The summed E-state index contributed by atoms with van der Waals surface area (Å²) in [6, 6.07) is -0.741. The molecule has 10 heteroatoms. The Morgan fingerprint density at radius 1 is 1.46 bits per heavy atom. The second kappa shape index (κ2) is 4.13. The van der Waals surface area contributed by atoms with Crippen LogP contribution in [0.3, 0.4) is 0 Å². The average Bonchev–Trinajstić information content (AvgIpc) is 2.16. The fourth-order valence-corrected chi connectivity index (χ4v) is 0.393. The fraction of sp³-hybridized carbons (Fsp3) is 0.333. The minimum atomic E-state index is -4.67. The van der Waals surface area contributed by atoms with Gasteiger partial charge in [-0.1, -0.05) is 0 Å². The smallest absolute Gasteiger partial charge is 0.384 e. The zero-order valence-corrected chi connectivity index (χ0v) is 7.02. The van der Waals surface area contributed by atoms with E-state index >= 15 is 0 Å². The van der Waals surface area contributed by atoms with Gasteiger partial charge >= 0.3 is 10.4 Å². The number of hydrogen-bond donors (Lipinski definition) is 5. The van der Waals surface area contributed by atoms with E-state index in [1.54, 1.807) is 0 Å². The lowest BCUT2D eigenvalue weighted by Crippen LogP contribution is -2.40. The van der Waals surface area contributed by atoms with Crippen molar-refractivity contribution in [2.75, 3.05) is 0 Å². The van der Waals surface area contributed by atoms with Gasteiger partial charge < -0.3 is 11.5 Å². The third-order valence-corrected chi connectivity index (χ3v) is 0.896. The van der Waals surface area contributed by atoms with Crippen LogP contribution in [0, 0.1) is 0 Å².